The van der Waals surface area contributed by atoms with Crippen molar-refractivity contribution in [1.29, 1.82) is 0 Å². The molecule has 0 radical (unpaired) electrons. The molecule has 0 saturated heterocycles. The third-order valence-corrected chi connectivity index (χ3v) is 7.85. The summed E-state index contributed by atoms with van der Waals surface area (Å²) in [5.41, 5.74) is 6.10. The van der Waals surface area contributed by atoms with Gasteiger partial charge in [0.2, 0.25) is 0 Å². The lowest BCUT2D eigenvalue weighted by molar-refractivity contribution is 0.0748. The summed E-state index contributed by atoms with van der Waals surface area (Å²) >= 11 is 5.34. The third-order valence-electron chi connectivity index (χ3n) is 7.71. The minimum atomic E-state index is -0.626. The summed E-state index contributed by atoms with van der Waals surface area (Å²) in [6, 6.07) is 16.1. The Morgan fingerprint density at radius 2 is 1.88 bits per heavy atom. The first-order chi connectivity index (χ1) is 20.0. The maximum atomic E-state index is 12.1. The molecule has 218 valence electrons. The molecular weight excluding hydrogens is 534 g/mol. The summed E-state index contributed by atoms with van der Waals surface area (Å²) in [4.78, 5) is 19.9. The van der Waals surface area contributed by atoms with Crippen LogP contribution in [0.4, 0.5) is 0 Å². The maximum absolute atomic E-state index is 12.1. The van der Waals surface area contributed by atoms with Crippen LogP contribution in [0.2, 0.25) is 0 Å². The lowest BCUT2D eigenvalue weighted by atomic mass is 9.92. The van der Waals surface area contributed by atoms with Gasteiger partial charge in [0, 0.05) is 25.2 Å². The highest BCUT2D eigenvalue weighted by molar-refractivity contribution is 6.16. The number of rotatable bonds is 14. The average Bonchev–Trinajstić information content (AvgIpc) is 3.36. The van der Waals surface area contributed by atoms with E-state index in [1.165, 1.54) is 11.3 Å². The molecule has 41 heavy (non-hydrogen) atoms. The Labute approximate surface area is 249 Å². The van der Waals surface area contributed by atoms with Crippen LogP contribution in [-0.2, 0) is 23.9 Å². The van der Waals surface area contributed by atoms with Crippen molar-refractivity contribution in [2.75, 3.05) is 13.7 Å². The van der Waals surface area contributed by atoms with Crippen LogP contribution in [0.15, 0.2) is 66.8 Å². The second kappa shape index (κ2) is 15.0. The van der Waals surface area contributed by atoms with Gasteiger partial charge in [0.25, 0.3) is 0 Å². The van der Waals surface area contributed by atoms with Gasteiger partial charge in [-0.25, -0.2) is 9.78 Å². The summed E-state index contributed by atoms with van der Waals surface area (Å²) in [5, 5.41) is 0. The fourth-order valence-corrected chi connectivity index (χ4v) is 5.48. The lowest BCUT2D eigenvalue weighted by Crippen LogP contribution is -2.26. The van der Waals surface area contributed by atoms with Gasteiger partial charge in [-0.05, 0) is 55.0 Å². The van der Waals surface area contributed by atoms with Crippen molar-refractivity contribution in [1.82, 2.24) is 14.5 Å². The zero-order valence-corrected chi connectivity index (χ0v) is 25.5. The number of imidazole rings is 1. The van der Waals surface area contributed by atoms with Crippen molar-refractivity contribution >= 4 is 23.4 Å². The van der Waals surface area contributed by atoms with Gasteiger partial charge in [-0.3, -0.25) is 4.90 Å². The Balaban J connectivity index is 1.78. The second-order valence-corrected chi connectivity index (χ2v) is 10.9. The van der Waals surface area contributed by atoms with Crippen molar-refractivity contribution in [3.63, 3.8) is 0 Å². The zero-order valence-electron chi connectivity index (χ0n) is 24.7. The van der Waals surface area contributed by atoms with Gasteiger partial charge in [0.05, 0.1) is 18.5 Å². The molecule has 1 unspecified atom stereocenters. The number of hydrogen-bond acceptors (Lipinski definition) is 5. The predicted molar refractivity (Wildman–Crippen MR) is 167 cm³/mol. The molecule has 7 heteroatoms. The Morgan fingerprint density at radius 1 is 1.10 bits per heavy atom. The highest BCUT2D eigenvalue weighted by Crippen LogP contribution is 2.35. The fraction of sp³-hybridized carbons (Fsp3) is 0.412. The van der Waals surface area contributed by atoms with Gasteiger partial charge in [0.15, 0.2) is 0 Å². The number of allylic oxidation sites excluding steroid dienone is 4. The molecule has 1 atom stereocenters. The molecule has 1 aliphatic rings. The highest BCUT2D eigenvalue weighted by Gasteiger charge is 2.25. The van der Waals surface area contributed by atoms with E-state index in [4.69, 9.17) is 21.6 Å². The van der Waals surface area contributed by atoms with Crippen LogP contribution in [0.5, 0.6) is 5.75 Å². The van der Waals surface area contributed by atoms with Crippen LogP contribution >= 0.6 is 11.9 Å². The van der Waals surface area contributed by atoms with E-state index in [1.54, 1.807) is 13.2 Å². The van der Waals surface area contributed by atoms with Gasteiger partial charge in [-0.2, -0.15) is 0 Å². The molecule has 0 fully saturated rings. The van der Waals surface area contributed by atoms with Crippen molar-refractivity contribution in [2.24, 2.45) is 5.92 Å². The molecule has 0 N–H and O–H groups in total. The number of halogens is 1. The van der Waals surface area contributed by atoms with Crippen LogP contribution in [0.25, 0.3) is 16.8 Å². The average molecular weight is 576 g/mol. The molecule has 3 aromatic rings. The monoisotopic (exact) mass is 575 g/mol. The van der Waals surface area contributed by atoms with Crippen LogP contribution < -0.4 is 4.74 Å². The molecule has 4 rings (SSSR count). The van der Waals surface area contributed by atoms with E-state index in [0.29, 0.717) is 23.8 Å². The molecule has 1 aliphatic carbocycles. The van der Waals surface area contributed by atoms with Gasteiger partial charge in [0.1, 0.15) is 29.0 Å². The van der Waals surface area contributed by atoms with E-state index < -0.39 is 5.97 Å². The molecule has 0 aliphatic heterocycles. The fourth-order valence-electron chi connectivity index (χ4n) is 5.40. The Kier molecular flexibility index (Phi) is 11.2. The van der Waals surface area contributed by atoms with Crippen LogP contribution in [0.3, 0.4) is 0 Å². The maximum Gasteiger partial charge on any atom is 0.360 e. The summed E-state index contributed by atoms with van der Waals surface area (Å²) in [5.74, 6) is 1.33. The van der Waals surface area contributed by atoms with Gasteiger partial charge < -0.3 is 13.6 Å². The van der Waals surface area contributed by atoms with Crippen molar-refractivity contribution in [3.05, 3.63) is 89.4 Å². The van der Waals surface area contributed by atoms with Crippen LogP contribution in [0.1, 0.15) is 80.3 Å². The Hall–Kier alpha value is -3.35. The van der Waals surface area contributed by atoms with Crippen molar-refractivity contribution < 1.29 is 13.8 Å². The number of nitrogens with zero attached hydrogens (tertiary/aromatic N) is 3. The van der Waals surface area contributed by atoms with E-state index in [2.05, 4.69) is 83.1 Å². The quantitative estimate of drug-likeness (QED) is 0.193. The van der Waals surface area contributed by atoms with Crippen molar-refractivity contribution in [2.45, 2.75) is 72.5 Å². The summed E-state index contributed by atoms with van der Waals surface area (Å²) in [7, 11) is 1.55. The van der Waals surface area contributed by atoms with Crippen molar-refractivity contribution in [3.8, 4) is 17.0 Å². The van der Waals surface area contributed by atoms with Crippen LogP contribution in [-0.4, -0.2) is 34.1 Å². The number of unbranched alkanes of at least 4 members (excludes halogenated alkanes) is 2. The van der Waals surface area contributed by atoms with Gasteiger partial charge in [-0.15, -0.1) is 0 Å². The molecular formula is C34H42ClN3O3. The van der Waals surface area contributed by atoms with Crippen LogP contribution in [0, 0.1) is 5.92 Å². The number of hydrogen-bond donors (Lipinski definition) is 0. The molecule has 2 aromatic carbocycles. The molecule has 0 spiro atoms. The summed E-state index contributed by atoms with van der Waals surface area (Å²) in [6.07, 6.45) is 12.1. The van der Waals surface area contributed by atoms with E-state index in [1.807, 2.05) is 12.1 Å². The first-order valence-corrected chi connectivity index (χ1v) is 15.1. The molecule has 6 nitrogen and oxygen atoms in total. The first kappa shape index (κ1) is 30.6. The number of carbonyl (C=O) groups excluding carboxylic acids is 1. The van der Waals surface area contributed by atoms with Gasteiger partial charge >= 0.3 is 5.97 Å². The van der Waals surface area contributed by atoms with E-state index in [-0.39, 0.29) is 0 Å². The van der Waals surface area contributed by atoms with E-state index in [9.17, 15) is 4.79 Å². The number of carbonyl (C=O) groups is 1. The molecule has 0 amide bonds. The Morgan fingerprint density at radius 3 is 2.56 bits per heavy atom. The normalized spacial score (nSPS) is 14.8. The minimum Gasteiger partial charge on any atom is -0.496 e. The highest BCUT2D eigenvalue weighted by atomic mass is 35.5. The van der Waals surface area contributed by atoms with E-state index in [0.717, 1.165) is 74.4 Å². The standard InChI is InChI=1S/C34H42ClN3O3/c1-5-7-20-37(23-26-18-19-29(34(39)41-35)31(22-26)40-4)24-30-32(27-15-10-9-11-16-27)36-33(38(30)21-8-6-2)28-17-13-12-14-25(28)3/h9-13,15-19,22,25H,5-8,14,20-21,23-24H2,1-4H3. The number of ether oxygens (including phenoxy) is 1. The third kappa shape index (κ3) is 7.49. The molecule has 1 heterocycles. The first-order valence-electron chi connectivity index (χ1n) is 14.7. The zero-order chi connectivity index (χ0) is 29.2. The predicted octanol–water partition coefficient (Wildman–Crippen LogP) is 8.45. The number of aromatic nitrogens is 2. The molecule has 1 aromatic heterocycles. The summed E-state index contributed by atoms with van der Waals surface area (Å²) < 4.78 is 12.4. The Bertz CT molecular complexity index is 1360. The molecule has 0 saturated carbocycles. The summed E-state index contributed by atoms with van der Waals surface area (Å²) in [6.45, 7) is 10.1. The topological polar surface area (TPSA) is 56.6 Å². The number of benzene rings is 2. The second-order valence-electron chi connectivity index (χ2n) is 10.8. The van der Waals surface area contributed by atoms with Gasteiger partial charge in [-0.1, -0.05) is 88.2 Å². The van der Waals surface area contributed by atoms with E-state index >= 15 is 0 Å². The largest absolute Gasteiger partial charge is 0.496 e. The molecule has 0 bridgehead atoms. The SMILES string of the molecule is CCCCN(Cc1ccc(C(=O)OCl)c(OC)c1)Cc1c(-c2ccccc2)nc(C2=CC=CCC2C)n1CCCC. The number of methoxy groups -OCH3 is 1. The lowest BCUT2D eigenvalue weighted by Gasteiger charge is -2.25. The minimum absolute atomic E-state index is 0.309. The smallest absolute Gasteiger partial charge is 0.360 e.